The monoisotopic (exact) mass is 351 g/mol. The number of hydrogen-bond donors (Lipinski definition) is 1. The van der Waals surface area contributed by atoms with Gasteiger partial charge in [-0.25, -0.2) is 8.42 Å². The predicted molar refractivity (Wildman–Crippen MR) is 90.0 cm³/mol. The minimum Gasteiger partial charge on any atom is -0.331 e. The largest absolute Gasteiger partial charge is 0.331 e. The highest BCUT2D eigenvalue weighted by Gasteiger charge is 2.30. The summed E-state index contributed by atoms with van der Waals surface area (Å²) in [5.41, 5.74) is 1.63. The van der Waals surface area contributed by atoms with Gasteiger partial charge in [0.2, 0.25) is 0 Å². The number of anilines is 1. The summed E-state index contributed by atoms with van der Waals surface area (Å²) in [5.74, 6) is -0.347. The standard InChI is InChI=1S/C15H14ClN3O3S/c1-10-4-5-11(16)9-13(10)17-15(20)12-3-2-6-19-7-8-23(21,22)18-14(12)19/h2-6,9H,7-8H2,1H3,(H,17,20). The minimum absolute atomic E-state index is 0.0663. The van der Waals surface area contributed by atoms with Gasteiger partial charge in [-0.1, -0.05) is 17.7 Å². The number of aryl methyl sites for hydroxylation is 1. The molecule has 1 aromatic carbocycles. The first-order chi connectivity index (χ1) is 10.9. The molecule has 6 nitrogen and oxygen atoms in total. The van der Waals surface area contributed by atoms with E-state index in [1.54, 1.807) is 41.5 Å². The van der Waals surface area contributed by atoms with E-state index < -0.39 is 15.9 Å². The maximum absolute atomic E-state index is 12.5. The van der Waals surface area contributed by atoms with Crippen molar-refractivity contribution in [2.45, 2.75) is 6.92 Å². The lowest BCUT2D eigenvalue weighted by Crippen LogP contribution is -2.40. The van der Waals surface area contributed by atoms with E-state index in [1.165, 1.54) is 0 Å². The van der Waals surface area contributed by atoms with Gasteiger partial charge in [-0.2, -0.15) is 0 Å². The van der Waals surface area contributed by atoms with Gasteiger partial charge in [0.05, 0.1) is 11.3 Å². The molecule has 120 valence electrons. The minimum atomic E-state index is -3.54. The summed E-state index contributed by atoms with van der Waals surface area (Å²) >= 11 is 5.95. The van der Waals surface area contributed by atoms with E-state index in [0.29, 0.717) is 10.7 Å². The highest BCUT2D eigenvalue weighted by Crippen LogP contribution is 2.23. The molecule has 0 fully saturated rings. The van der Waals surface area contributed by atoms with Gasteiger partial charge in [0.25, 0.3) is 15.9 Å². The summed E-state index contributed by atoms with van der Waals surface area (Å²) in [7, 11) is -3.54. The van der Waals surface area contributed by atoms with Crippen LogP contribution < -0.4 is 5.32 Å². The van der Waals surface area contributed by atoms with Crippen LogP contribution in [0.2, 0.25) is 5.02 Å². The number of hydrogen-bond acceptors (Lipinski definition) is 4. The number of fused-ring (bicyclic) bond motifs is 1. The number of nitrogens with one attached hydrogen (secondary N) is 1. The van der Waals surface area contributed by atoms with Crippen LogP contribution in [0.4, 0.5) is 5.69 Å². The van der Waals surface area contributed by atoms with E-state index in [1.807, 2.05) is 6.92 Å². The summed E-state index contributed by atoms with van der Waals surface area (Å²) in [6.45, 7) is 2.12. The van der Waals surface area contributed by atoms with Crippen molar-refractivity contribution in [1.29, 1.82) is 0 Å². The molecule has 0 aliphatic carbocycles. The van der Waals surface area contributed by atoms with Crippen molar-refractivity contribution in [3.05, 3.63) is 52.7 Å². The molecule has 2 heterocycles. The van der Waals surface area contributed by atoms with E-state index in [2.05, 4.69) is 9.71 Å². The maximum atomic E-state index is 12.5. The average Bonchev–Trinajstić information content (AvgIpc) is 2.49. The summed E-state index contributed by atoms with van der Waals surface area (Å²) in [6, 6.07) is 5.17. The third-order valence-corrected chi connectivity index (χ3v) is 4.93. The van der Waals surface area contributed by atoms with E-state index >= 15 is 0 Å². The quantitative estimate of drug-likeness (QED) is 0.884. The van der Waals surface area contributed by atoms with Crippen molar-refractivity contribution in [1.82, 2.24) is 4.90 Å². The fraction of sp³-hybridized carbons (Fsp3) is 0.200. The normalized spacial score (nSPS) is 18.8. The molecule has 0 bridgehead atoms. The van der Waals surface area contributed by atoms with Crippen LogP contribution in [0.15, 0.2) is 46.5 Å². The van der Waals surface area contributed by atoms with Crippen molar-refractivity contribution >= 4 is 39.1 Å². The molecule has 0 radical (unpaired) electrons. The Labute approximate surface area is 139 Å². The Bertz CT molecular complexity index is 872. The third-order valence-electron chi connectivity index (χ3n) is 3.55. The molecule has 3 rings (SSSR count). The molecule has 1 aromatic rings. The Kier molecular flexibility index (Phi) is 3.99. The molecular weight excluding hydrogens is 338 g/mol. The van der Waals surface area contributed by atoms with Crippen LogP contribution in [0.3, 0.4) is 0 Å². The fourth-order valence-electron chi connectivity index (χ4n) is 2.31. The van der Waals surface area contributed by atoms with Crippen LogP contribution in [-0.4, -0.2) is 37.4 Å². The van der Waals surface area contributed by atoms with Crippen molar-refractivity contribution < 1.29 is 13.2 Å². The highest BCUT2D eigenvalue weighted by molar-refractivity contribution is 7.90. The molecule has 1 N–H and O–H groups in total. The molecule has 2 aliphatic rings. The van der Waals surface area contributed by atoms with Gasteiger partial charge in [-0.3, -0.25) is 4.79 Å². The van der Waals surface area contributed by atoms with Crippen molar-refractivity contribution in [2.24, 2.45) is 4.40 Å². The van der Waals surface area contributed by atoms with Gasteiger partial charge in [0, 0.05) is 23.5 Å². The molecule has 2 aliphatic heterocycles. The molecule has 0 atom stereocenters. The smallest absolute Gasteiger partial charge is 0.259 e. The zero-order valence-electron chi connectivity index (χ0n) is 12.3. The van der Waals surface area contributed by atoms with Gasteiger partial charge in [-0.15, -0.1) is 4.40 Å². The number of sulfonamides is 1. The average molecular weight is 352 g/mol. The lowest BCUT2D eigenvalue weighted by atomic mass is 10.1. The van der Waals surface area contributed by atoms with Crippen molar-refractivity contribution in [2.75, 3.05) is 17.6 Å². The Morgan fingerprint density at radius 3 is 2.96 bits per heavy atom. The molecule has 8 heteroatoms. The number of rotatable bonds is 2. The Hall–Kier alpha value is -2.12. The predicted octanol–water partition coefficient (Wildman–Crippen LogP) is 2.08. The number of benzene rings is 1. The summed E-state index contributed by atoms with van der Waals surface area (Å²) in [4.78, 5) is 14.2. The van der Waals surface area contributed by atoms with Gasteiger partial charge < -0.3 is 10.2 Å². The van der Waals surface area contributed by atoms with Crippen LogP contribution in [0.25, 0.3) is 0 Å². The number of amidine groups is 1. The number of amides is 1. The first-order valence-corrected chi connectivity index (χ1v) is 8.90. The molecule has 0 aromatic heterocycles. The Morgan fingerprint density at radius 2 is 2.17 bits per heavy atom. The van der Waals surface area contributed by atoms with E-state index in [4.69, 9.17) is 11.6 Å². The molecular formula is C15H14ClN3O3S. The second-order valence-corrected chi connectivity index (χ2v) is 7.42. The first-order valence-electron chi connectivity index (χ1n) is 6.91. The maximum Gasteiger partial charge on any atom is 0.259 e. The van der Waals surface area contributed by atoms with Crippen LogP contribution >= 0.6 is 11.6 Å². The van der Waals surface area contributed by atoms with Crippen LogP contribution in [0, 0.1) is 6.92 Å². The molecule has 0 saturated heterocycles. The molecule has 1 amide bonds. The summed E-state index contributed by atoms with van der Waals surface area (Å²) < 4.78 is 27.2. The van der Waals surface area contributed by atoms with Crippen LogP contribution in [0.5, 0.6) is 0 Å². The van der Waals surface area contributed by atoms with Gasteiger partial charge in [0.15, 0.2) is 5.84 Å². The van der Waals surface area contributed by atoms with Gasteiger partial charge in [-0.05, 0) is 36.8 Å². The first kappa shape index (κ1) is 15.8. The van der Waals surface area contributed by atoms with E-state index in [0.717, 1.165) is 5.56 Å². The number of carbonyl (C=O) groups is 1. The Balaban J connectivity index is 1.92. The zero-order valence-corrected chi connectivity index (χ0v) is 13.9. The molecule has 0 spiro atoms. The third kappa shape index (κ3) is 3.30. The highest BCUT2D eigenvalue weighted by atomic mass is 35.5. The van der Waals surface area contributed by atoms with E-state index in [9.17, 15) is 13.2 Å². The SMILES string of the molecule is Cc1ccc(Cl)cc1NC(=O)C1=CC=CN2CCS(=O)(=O)N=C12. The molecule has 0 saturated carbocycles. The van der Waals surface area contributed by atoms with Crippen molar-refractivity contribution in [3.8, 4) is 0 Å². The zero-order chi connectivity index (χ0) is 16.6. The number of halogens is 1. The fourth-order valence-corrected chi connectivity index (χ4v) is 3.47. The second-order valence-electron chi connectivity index (χ2n) is 5.23. The summed E-state index contributed by atoms with van der Waals surface area (Å²) in [6.07, 6.45) is 4.94. The Morgan fingerprint density at radius 1 is 1.39 bits per heavy atom. The van der Waals surface area contributed by atoms with Crippen LogP contribution in [0.1, 0.15) is 5.56 Å². The lowest BCUT2D eigenvalue weighted by Gasteiger charge is -2.28. The lowest BCUT2D eigenvalue weighted by molar-refractivity contribution is -0.112. The number of carbonyl (C=O) groups excluding carboxylic acids is 1. The van der Waals surface area contributed by atoms with E-state index in [-0.39, 0.29) is 23.7 Å². The summed E-state index contributed by atoms with van der Waals surface area (Å²) in [5, 5.41) is 3.26. The topological polar surface area (TPSA) is 78.8 Å². The van der Waals surface area contributed by atoms with Gasteiger partial charge >= 0.3 is 0 Å². The number of allylic oxidation sites excluding steroid dienone is 2. The van der Waals surface area contributed by atoms with Crippen molar-refractivity contribution in [3.63, 3.8) is 0 Å². The molecule has 0 unspecified atom stereocenters. The van der Waals surface area contributed by atoms with Crippen LogP contribution in [-0.2, 0) is 14.8 Å². The van der Waals surface area contributed by atoms with Gasteiger partial charge in [0.1, 0.15) is 0 Å². The molecule has 23 heavy (non-hydrogen) atoms. The second kappa shape index (κ2) is 5.82. The number of nitrogens with zero attached hydrogens (tertiary/aromatic N) is 2.